The minimum absolute atomic E-state index is 0.633. The van der Waals surface area contributed by atoms with Gasteiger partial charge in [0.2, 0.25) is 5.69 Å². The van der Waals surface area contributed by atoms with E-state index >= 15 is 0 Å². The maximum absolute atomic E-state index is 7.83. The molecular weight excluding hydrogens is 428 g/mol. The summed E-state index contributed by atoms with van der Waals surface area (Å²) in [7, 11) is 2.06. The van der Waals surface area contributed by atoms with Crippen molar-refractivity contribution < 1.29 is 8.98 Å². The number of hydrogen-bond donors (Lipinski definition) is 0. The van der Waals surface area contributed by atoms with E-state index in [1.165, 1.54) is 37.7 Å². The van der Waals surface area contributed by atoms with Crippen LogP contribution in [0, 0.1) is 13.5 Å². The highest BCUT2D eigenvalue weighted by molar-refractivity contribution is 6.18. The first-order valence-corrected chi connectivity index (χ1v) is 12.6. The molecular formula is C32H29N2O+. The number of benzene rings is 3. The van der Waals surface area contributed by atoms with Crippen LogP contribution in [0.4, 0.5) is 5.69 Å². The van der Waals surface area contributed by atoms with Crippen LogP contribution < -0.4 is 4.57 Å². The number of aryl methyl sites for hydroxylation is 2. The number of pyridine rings is 1. The first kappa shape index (κ1) is 21.6. The van der Waals surface area contributed by atoms with Crippen LogP contribution in [0.5, 0.6) is 0 Å². The fourth-order valence-electron chi connectivity index (χ4n) is 5.82. The Morgan fingerprint density at radius 1 is 0.886 bits per heavy atom. The van der Waals surface area contributed by atoms with Crippen LogP contribution in [0.3, 0.4) is 0 Å². The zero-order valence-electron chi connectivity index (χ0n) is 20.3. The molecule has 1 aliphatic rings. The fourth-order valence-corrected chi connectivity index (χ4v) is 5.82. The van der Waals surface area contributed by atoms with Crippen LogP contribution in [0.25, 0.3) is 49.2 Å². The molecule has 0 unspecified atom stereocenters. The molecule has 2 aromatic heterocycles. The van der Waals surface area contributed by atoms with Crippen LogP contribution in [0.15, 0.2) is 77.3 Å². The maximum Gasteiger partial charge on any atom is 0.216 e. The molecule has 1 saturated carbocycles. The van der Waals surface area contributed by atoms with E-state index in [0.29, 0.717) is 11.6 Å². The van der Waals surface area contributed by atoms with Gasteiger partial charge in [0, 0.05) is 28.5 Å². The minimum atomic E-state index is 0.633. The van der Waals surface area contributed by atoms with Crippen molar-refractivity contribution >= 4 is 27.6 Å². The molecule has 0 aliphatic heterocycles. The molecule has 1 fully saturated rings. The van der Waals surface area contributed by atoms with Crippen LogP contribution in [-0.4, -0.2) is 0 Å². The van der Waals surface area contributed by atoms with Gasteiger partial charge in [0.1, 0.15) is 18.2 Å². The average Bonchev–Trinajstić information content (AvgIpc) is 3.29. The fraction of sp³-hybridized carbons (Fsp3) is 0.250. The molecule has 0 bridgehead atoms. The van der Waals surface area contributed by atoms with E-state index in [9.17, 15) is 0 Å². The number of furan rings is 1. The molecule has 172 valence electrons. The highest BCUT2D eigenvalue weighted by Gasteiger charge is 2.23. The third-order valence-electron chi connectivity index (χ3n) is 7.70. The van der Waals surface area contributed by atoms with E-state index in [1.54, 1.807) is 0 Å². The van der Waals surface area contributed by atoms with Crippen molar-refractivity contribution in [2.75, 3.05) is 0 Å². The predicted molar refractivity (Wildman–Crippen MR) is 143 cm³/mol. The van der Waals surface area contributed by atoms with Crippen molar-refractivity contribution in [1.82, 2.24) is 0 Å². The summed E-state index contributed by atoms with van der Waals surface area (Å²) in [6.45, 7) is 9.95. The highest BCUT2D eigenvalue weighted by atomic mass is 16.3. The Bertz CT molecular complexity index is 1600. The summed E-state index contributed by atoms with van der Waals surface area (Å²) >= 11 is 0. The second kappa shape index (κ2) is 8.71. The van der Waals surface area contributed by atoms with Crippen molar-refractivity contribution in [3.8, 4) is 22.4 Å². The van der Waals surface area contributed by atoms with Crippen molar-refractivity contribution in [1.29, 1.82) is 0 Å². The van der Waals surface area contributed by atoms with Gasteiger partial charge in [-0.25, -0.2) is 9.41 Å². The summed E-state index contributed by atoms with van der Waals surface area (Å²) in [5.41, 5.74) is 9.22. The van der Waals surface area contributed by atoms with Gasteiger partial charge in [-0.15, -0.1) is 0 Å². The SMILES string of the molecule is [C-]#[N+]c1ccc(-c2ccc(C3CCCCC3)cc2)c2oc3c(-c4cccc[n+]4C)c(C)ccc3c12. The molecule has 6 rings (SSSR count). The first-order chi connectivity index (χ1) is 17.2. The topological polar surface area (TPSA) is 21.4 Å². The van der Waals surface area contributed by atoms with Gasteiger partial charge in [-0.3, -0.25) is 0 Å². The van der Waals surface area contributed by atoms with E-state index < -0.39 is 0 Å². The lowest BCUT2D eigenvalue weighted by Gasteiger charge is -2.22. The summed E-state index contributed by atoms with van der Waals surface area (Å²) in [6, 6.07) is 23.5. The molecule has 0 radical (unpaired) electrons. The summed E-state index contributed by atoms with van der Waals surface area (Å²) in [6.07, 6.45) is 8.70. The normalized spacial score (nSPS) is 14.4. The van der Waals surface area contributed by atoms with Gasteiger partial charge < -0.3 is 4.42 Å². The summed E-state index contributed by atoms with van der Waals surface area (Å²) < 4.78 is 8.81. The molecule has 0 N–H and O–H groups in total. The standard InChI is InChI=1S/C32H29N2O/c1-21-12-17-26-30-27(33-2)19-18-25(24-15-13-23(14-16-24)22-9-5-4-6-10-22)31(30)35-32(26)29(21)28-11-7-8-20-34(28)3/h7-8,11-20,22H,4-6,9-10H2,1,3H3/q+1. The van der Waals surface area contributed by atoms with Crippen molar-refractivity contribution in [3.05, 3.63) is 95.5 Å². The smallest absolute Gasteiger partial charge is 0.216 e. The second-order valence-corrected chi connectivity index (χ2v) is 9.84. The number of rotatable bonds is 3. The van der Waals surface area contributed by atoms with E-state index in [4.69, 9.17) is 11.0 Å². The Morgan fingerprint density at radius 3 is 2.43 bits per heavy atom. The quantitative estimate of drug-likeness (QED) is 0.196. The van der Waals surface area contributed by atoms with Gasteiger partial charge in [-0.2, -0.15) is 0 Å². The van der Waals surface area contributed by atoms with E-state index in [2.05, 4.69) is 78.1 Å². The van der Waals surface area contributed by atoms with Gasteiger partial charge in [0.15, 0.2) is 11.9 Å². The van der Waals surface area contributed by atoms with Gasteiger partial charge >= 0.3 is 0 Å². The largest absolute Gasteiger partial charge is 0.456 e. The molecule has 0 spiro atoms. The molecule has 3 heteroatoms. The van der Waals surface area contributed by atoms with Crippen LogP contribution in [0.1, 0.15) is 49.1 Å². The Hall–Kier alpha value is -3.90. The number of nitrogens with zero attached hydrogens (tertiary/aromatic N) is 2. The Kier molecular flexibility index (Phi) is 5.38. The van der Waals surface area contributed by atoms with Crippen molar-refractivity contribution in [2.24, 2.45) is 7.05 Å². The maximum atomic E-state index is 7.83. The minimum Gasteiger partial charge on any atom is -0.456 e. The number of aromatic nitrogens is 1. The summed E-state index contributed by atoms with van der Waals surface area (Å²) in [5, 5.41) is 1.90. The first-order valence-electron chi connectivity index (χ1n) is 12.6. The Morgan fingerprint density at radius 2 is 1.69 bits per heavy atom. The number of hydrogen-bond acceptors (Lipinski definition) is 1. The molecule has 0 atom stereocenters. The van der Waals surface area contributed by atoms with E-state index in [0.717, 1.165) is 49.9 Å². The predicted octanol–water partition coefficient (Wildman–Crippen LogP) is 8.65. The lowest BCUT2D eigenvalue weighted by molar-refractivity contribution is -0.660. The zero-order chi connectivity index (χ0) is 23.9. The van der Waals surface area contributed by atoms with E-state index in [-0.39, 0.29) is 0 Å². The lowest BCUT2D eigenvalue weighted by Crippen LogP contribution is -2.30. The zero-order valence-corrected chi connectivity index (χ0v) is 20.3. The average molecular weight is 458 g/mol. The number of fused-ring (bicyclic) bond motifs is 3. The molecule has 0 amide bonds. The van der Waals surface area contributed by atoms with Crippen molar-refractivity contribution in [2.45, 2.75) is 44.9 Å². The Labute approximate surface area is 206 Å². The van der Waals surface area contributed by atoms with Crippen LogP contribution in [-0.2, 0) is 7.05 Å². The second-order valence-electron chi connectivity index (χ2n) is 9.84. The van der Waals surface area contributed by atoms with Gasteiger partial charge in [0.05, 0.1) is 12.1 Å². The third-order valence-corrected chi connectivity index (χ3v) is 7.70. The van der Waals surface area contributed by atoms with Gasteiger partial charge in [0.25, 0.3) is 0 Å². The monoisotopic (exact) mass is 457 g/mol. The molecule has 35 heavy (non-hydrogen) atoms. The molecule has 0 saturated heterocycles. The molecule has 5 aromatic rings. The lowest BCUT2D eigenvalue weighted by atomic mass is 9.83. The Balaban J connectivity index is 1.56. The van der Waals surface area contributed by atoms with Gasteiger partial charge in [-0.05, 0) is 48.4 Å². The van der Waals surface area contributed by atoms with Gasteiger partial charge in [-0.1, -0.05) is 67.8 Å². The van der Waals surface area contributed by atoms with Crippen LogP contribution in [0.2, 0.25) is 0 Å². The molecule has 1 aliphatic carbocycles. The van der Waals surface area contributed by atoms with Crippen molar-refractivity contribution in [3.63, 3.8) is 0 Å². The van der Waals surface area contributed by atoms with E-state index in [1.807, 2.05) is 18.2 Å². The summed E-state index contributed by atoms with van der Waals surface area (Å²) in [5.74, 6) is 0.686. The molecule has 2 heterocycles. The highest BCUT2D eigenvalue weighted by Crippen LogP contribution is 2.44. The van der Waals surface area contributed by atoms with Crippen LogP contribution >= 0.6 is 0 Å². The summed E-state index contributed by atoms with van der Waals surface area (Å²) in [4.78, 5) is 3.86. The third kappa shape index (κ3) is 3.61. The molecule has 3 nitrogen and oxygen atoms in total. The molecule has 3 aromatic carbocycles.